The third-order valence-corrected chi connectivity index (χ3v) is 7.07. The van der Waals surface area contributed by atoms with Crippen molar-refractivity contribution in [3.05, 3.63) is 76.5 Å². The van der Waals surface area contributed by atoms with Crippen LogP contribution in [0.1, 0.15) is 49.7 Å². The molecular formula is C28H39N3O2S. The topological polar surface area (TPSA) is 45.7 Å². The lowest BCUT2D eigenvalue weighted by Gasteiger charge is -2.23. The second kappa shape index (κ2) is 14.5. The number of likely N-dealkylation sites (tertiary alicyclic amines) is 1. The predicted octanol–water partition coefficient (Wildman–Crippen LogP) is 6.13. The first-order chi connectivity index (χ1) is 16.5. The van der Waals surface area contributed by atoms with Crippen molar-refractivity contribution in [1.82, 2.24) is 14.8 Å². The number of carbonyl (C=O) groups is 1. The molecule has 3 rings (SSSR count). The van der Waals surface area contributed by atoms with Gasteiger partial charge in [0, 0.05) is 24.0 Å². The van der Waals surface area contributed by atoms with Crippen LogP contribution in [0.5, 0.6) is 5.75 Å². The number of carbonyl (C=O) groups excluding carboxylic acids is 1. The van der Waals surface area contributed by atoms with Crippen molar-refractivity contribution in [3.8, 4) is 5.75 Å². The Morgan fingerprint density at radius 1 is 1.24 bits per heavy atom. The zero-order chi connectivity index (χ0) is 24.9. The zero-order valence-electron chi connectivity index (χ0n) is 21.5. The van der Waals surface area contributed by atoms with Gasteiger partial charge in [-0.05, 0) is 57.6 Å². The van der Waals surface area contributed by atoms with Gasteiger partial charge in [-0.1, -0.05) is 57.2 Å². The van der Waals surface area contributed by atoms with Crippen molar-refractivity contribution in [2.45, 2.75) is 53.5 Å². The number of rotatable bonds is 9. The normalized spacial score (nSPS) is 16.4. The second-order valence-electron chi connectivity index (χ2n) is 8.05. The molecule has 2 aromatic rings. The van der Waals surface area contributed by atoms with Gasteiger partial charge in [-0.15, -0.1) is 11.3 Å². The molecule has 1 aromatic heterocycles. The van der Waals surface area contributed by atoms with Crippen molar-refractivity contribution in [1.29, 1.82) is 0 Å². The highest BCUT2D eigenvalue weighted by molar-refractivity contribution is 7.12. The Hall–Kier alpha value is -2.70. The number of ether oxygens (including phenoxy) is 1. The van der Waals surface area contributed by atoms with Gasteiger partial charge in [0.2, 0.25) is 5.91 Å². The number of likely N-dealkylation sites (N-methyl/N-ethyl adjacent to an activating group) is 1. The Kier molecular flexibility index (Phi) is 11.8. The molecule has 1 saturated heterocycles. The van der Waals surface area contributed by atoms with Crippen LogP contribution in [-0.4, -0.2) is 53.4 Å². The molecule has 1 atom stereocenters. The number of thiazole rings is 1. The Balaban J connectivity index is 0.00000199. The highest BCUT2D eigenvalue weighted by Crippen LogP contribution is 2.26. The van der Waals surface area contributed by atoms with Gasteiger partial charge >= 0.3 is 0 Å². The van der Waals surface area contributed by atoms with E-state index in [4.69, 9.17) is 9.72 Å². The van der Waals surface area contributed by atoms with Crippen LogP contribution in [0.15, 0.2) is 60.9 Å². The summed E-state index contributed by atoms with van der Waals surface area (Å²) in [5.41, 5.74) is 2.03. The fourth-order valence-corrected chi connectivity index (χ4v) is 4.63. The Bertz CT molecular complexity index is 979. The summed E-state index contributed by atoms with van der Waals surface area (Å²) in [6.07, 6.45) is 10.9. The van der Waals surface area contributed by atoms with Gasteiger partial charge in [0.1, 0.15) is 10.8 Å². The number of hydrogen-bond acceptors (Lipinski definition) is 5. The first kappa shape index (κ1) is 27.5. The molecule has 1 fully saturated rings. The molecule has 34 heavy (non-hydrogen) atoms. The molecule has 1 aliphatic rings. The number of amides is 1. The fraction of sp³-hybridized carbons (Fsp3) is 0.429. The summed E-state index contributed by atoms with van der Waals surface area (Å²) in [7, 11) is 2.13. The van der Waals surface area contributed by atoms with Crippen LogP contribution in [0.4, 0.5) is 0 Å². The molecule has 0 saturated carbocycles. The molecule has 6 heteroatoms. The van der Waals surface area contributed by atoms with Gasteiger partial charge in [0.25, 0.3) is 0 Å². The lowest BCUT2D eigenvalue weighted by Crippen LogP contribution is -2.36. The average Bonchev–Trinajstić information content (AvgIpc) is 3.50. The van der Waals surface area contributed by atoms with Crippen LogP contribution in [0, 0.1) is 6.92 Å². The third-order valence-electron chi connectivity index (χ3n) is 5.77. The van der Waals surface area contributed by atoms with E-state index in [-0.39, 0.29) is 5.91 Å². The van der Waals surface area contributed by atoms with E-state index in [1.54, 1.807) is 17.6 Å². The summed E-state index contributed by atoms with van der Waals surface area (Å²) < 4.78 is 5.52. The molecule has 1 amide bonds. The maximum Gasteiger partial charge on any atom is 0.227 e. The standard InChI is InChI=1S/C26H33N3O2S.C2H6/c1-5-28(4)22-15-16-29(19-22)25(30)18-24-21(3)27-26(32-24)20(2)12-8-7-11-17-31-23-13-9-6-10-14-23;1-2/h6-14,17,22H,5,15-16,18-19H2,1-4H3;1-2H3/b8-7-,17-11+,20-12+;. The number of para-hydroxylation sites is 1. The average molecular weight is 482 g/mol. The van der Waals surface area contributed by atoms with Crippen LogP contribution < -0.4 is 4.74 Å². The number of allylic oxidation sites excluding steroid dienone is 5. The van der Waals surface area contributed by atoms with Crippen molar-refractivity contribution in [2.75, 3.05) is 26.7 Å². The molecule has 1 aromatic carbocycles. The second-order valence-corrected chi connectivity index (χ2v) is 9.14. The van der Waals surface area contributed by atoms with Crippen molar-refractivity contribution >= 4 is 22.8 Å². The molecular weight excluding hydrogens is 442 g/mol. The summed E-state index contributed by atoms with van der Waals surface area (Å²) in [6, 6.07) is 10.1. The lowest BCUT2D eigenvalue weighted by molar-refractivity contribution is -0.129. The van der Waals surface area contributed by atoms with E-state index in [1.807, 2.05) is 87.2 Å². The summed E-state index contributed by atoms with van der Waals surface area (Å²) in [6.45, 7) is 12.9. The lowest BCUT2D eigenvalue weighted by atomic mass is 10.2. The van der Waals surface area contributed by atoms with Crippen LogP contribution in [0.3, 0.4) is 0 Å². The monoisotopic (exact) mass is 481 g/mol. The van der Waals surface area contributed by atoms with E-state index in [2.05, 4.69) is 18.9 Å². The minimum Gasteiger partial charge on any atom is -0.465 e. The Morgan fingerprint density at radius 2 is 1.97 bits per heavy atom. The highest BCUT2D eigenvalue weighted by atomic mass is 32.1. The predicted molar refractivity (Wildman–Crippen MR) is 144 cm³/mol. The number of benzene rings is 1. The molecule has 2 heterocycles. The zero-order valence-corrected chi connectivity index (χ0v) is 22.3. The largest absolute Gasteiger partial charge is 0.465 e. The Morgan fingerprint density at radius 3 is 2.68 bits per heavy atom. The van der Waals surface area contributed by atoms with Gasteiger partial charge in [0.15, 0.2) is 0 Å². The van der Waals surface area contributed by atoms with E-state index < -0.39 is 0 Å². The van der Waals surface area contributed by atoms with E-state index in [1.165, 1.54) is 0 Å². The number of hydrogen-bond donors (Lipinski definition) is 0. The molecule has 0 spiro atoms. The maximum atomic E-state index is 12.8. The summed E-state index contributed by atoms with van der Waals surface area (Å²) in [5, 5.41) is 0.962. The molecule has 0 aliphatic carbocycles. The smallest absolute Gasteiger partial charge is 0.227 e. The molecule has 1 unspecified atom stereocenters. The fourth-order valence-electron chi connectivity index (χ4n) is 3.59. The number of nitrogens with zero attached hydrogens (tertiary/aromatic N) is 3. The van der Waals surface area contributed by atoms with Crippen molar-refractivity contribution in [3.63, 3.8) is 0 Å². The first-order valence-electron chi connectivity index (χ1n) is 12.1. The van der Waals surface area contributed by atoms with E-state index in [9.17, 15) is 4.79 Å². The van der Waals surface area contributed by atoms with Gasteiger partial charge in [-0.3, -0.25) is 4.79 Å². The SMILES string of the molecule is CC.CCN(C)C1CCN(C(=O)Cc2sc(/C(C)=C/C=C\C=C\Oc3ccccc3)nc2C)C1. The molecule has 0 bridgehead atoms. The van der Waals surface area contributed by atoms with Gasteiger partial charge in [-0.25, -0.2) is 4.98 Å². The van der Waals surface area contributed by atoms with Crippen LogP contribution in [-0.2, 0) is 11.2 Å². The van der Waals surface area contributed by atoms with Gasteiger partial charge in [0.05, 0.1) is 18.4 Å². The minimum atomic E-state index is 0.209. The summed E-state index contributed by atoms with van der Waals surface area (Å²) in [5.74, 6) is 1.02. The molecule has 184 valence electrons. The molecule has 0 N–H and O–H groups in total. The highest BCUT2D eigenvalue weighted by Gasteiger charge is 2.28. The van der Waals surface area contributed by atoms with E-state index in [0.717, 1.165) is 53.0 Å². The van der Waals surface area contributed by atoms with Gasteiger partial charge in [-0.2, -0.15) is 0 Å². The third kappa shape index (κ3) is 8.26. The summed E-state index contributed by atoms with van der Waals surface area (Å²) in [4.78, 5) is 22.9. The van der Waals surface area contributed by atoms with E-state index in [0.29, 0.717) is 12.5 Å². The van der Waals surface area contributed by atoms with E-state index >= 15 is 0 Å². The van der Waals surface area contributed by atoms with Crippen molar-refractivity contribution < 1.29 is 9.53 Å². The van der Waals surface area contributed by atoms with Crippen LogP contribution in [0.2, 0.25) is 0 Å². The molecule has 0 radical (unpaired) electrons. The minimum absolute atomic E-state index is 0.209. The maximum absolute atomic E-state index is 12.8. The van der Waals surface area contributed by atoms with Gasteiger partial charge < -0.3 is 14.5 Å². The van der Waals surface area contributed by atoms with Crippen LogP contribution in [0.25, 0.3) is 5.57 Å². The number of aromatic nitrogens is 1. The van der Waals surface area contributed by atoms with Crippen LogP contribution >= 0.6 is 11.3 Å². The quantitative estimate of drug-likeness (QED) is 0.319. The summed E-state index contributed by atoms with van der Waals surface area (Å²) >= 11 is 1.62. The Labute approximate surface area is 209 Å². The first-order valence-corrected chi connectivity index (χ1v) is 13.0. The number of aryl methyl sites for hydroxylation is 1. The molecule has 1 aliphatic heterocycles. The molecule has 5 nitrogen and oxygen atoms in total. The van der Waals surface area contributed by atoms with Crippen molar-refractivity contribution in [2.24, 2.45) is 0 Å².